The number of hydrogen-bond donors (Lipinski definition) is 0. The molecule has 0 atom stereocenters. The molecule has 12 heavy (non-hydrogen) atoms. The van der Waals surface area contributed by atoms with Crippen molar-refractivity contribution >= 4 is 18.4 Å². The Morgan fingerprint density at radius 1 is 1.17 bits per heavy atom. The molecule has 1 nitrogen and oxygen atoms in total. The Morgan fingerprint density at radius 3 is 2.33 bits per heavy atom. The molecule has 1 aromatic carbocycles. The summed E-state index contributed by atoms with van der Waals surface area (Å²) in [6.07, 6.45) is 5.24. The molecule has 0 spiro atoms. The van der Waals surface area contributed by atoms with Gasteiger partial charge in [-0.05, 0) is 17.2 Å². The van der Waals surface area contributed by atoms with Crippen LogP contribution in [0.4, 0.5) is 0 Å². The fraction of sp³-hybridized carbons (Fsp3) is 0. The van der Waals surface area contributed by atoms with E-state index in [2.05, 4.69) is 13.2 Å². The molecule has 0 bridgehead atoms. The highest BCUT2D eigenvalue weighted by Crippen LogP contribution is 2.13. The van der Waals surface area contributed by atoms with Crippen LogP contribution in [0, 0.1) is 0 Å². The summed E-state index contributed by atoms with van der Waals surface area (Å²) < 4.78 is 0. The van der Waals surface area contributed by atoms with E-state index in [0.29, 0.717) is 5.56 Å². The summed E-state index contributed by atoms with van der Waals surface area (Å²) in [5.41, 5.74) is 2.42. The van der Waals surface area contributed by atoms with E-state index >= 15 is 0 Å². The molecule has 0 aliphatic heterocycles. The predicted molar refractivity (Wildman–Crippen MR) is 51.4 cm³/mol. The molecule has 0 saturated heterocycles. The molecule has 0 aliphatic rings. The monoisotopic (exact) mass is 157 g/mol. The van der Waals surface area contributed by atoms with Gasteiger partial charge in [-0.15, -0.1) is 0 Å². The van der Waals surface area contributed by atoms with Gasteiger partial charge in [0.15, 0.2) is 0 Å². The first-order valence-electron chi connectivity index (χ1n) is 3.59. The van der Waals surface area contributed by atoms with E-state index in [0.717, 1.165) is 11.1 Å². The second-order valence-electron chi connectivity index (χ2n) is 2.35. The topological polar surface area (TPSA) is 17.1 Å². The third kappa shape index (κ3) is 1.51. The lowest BCUT2D eigenvalue weighted by Crippen LogP contribution is -1.85. The van der Waals surface area contributed by atoms with Crippen molar-refractivity contribution < 1.29 is 4.79 Å². The largest absolute Gasteiger partial charge is 0.285 e. The van der Waals surface area contributed by atoms with E-state index < -0.39 is 0 Å². The Morgan fingerprint density at radius 2 is 1.83 bits per heavy atom. The normalized spacial score (nSPS) is 9.00. The number of carbonyl (C=O) groups excluding carboxylic acids is 1. The van der Waals surface area contributed by atoms with Crippen LogP contribution < -0.4 is 0 Å². The van der Waals surface area contributed by atoms with Crippen LogP contribution >= 0.6 is 0 Å². The zero-order valence-electron chi connectivity index (χ0n) is 6.71. The zero-order valence-corrected chi connectivity index (χ0v) is 6.71. The number of hydrogen-bond acceptors (Lipinski definition) is 1. The van der Waals surface area contributed by atoms with E-state index in [1.54, 1.807) is 24.3 Å². The van der Waals surface area contributed by atoms with Crippen molar-refractivity contribution in [1.82, 2.24) is 0 Å². The highest BCUT2D eigenvalue weighted by molar-refractivity contribution is 5.78. The standard InChI is InChI=1S/C11H9O/c1-3-10-6-5-9(8-12)7-11(10)4-2/h3-7H,1-2H2. The highest BCUT2D eigenvalue weighted by atomic mass is 16.1. The van der Waals surface area contributed by atoms with Crippen molar-refractivity contribution in [3.63, 3.8) is 0 Å². The second kappa shape index (κ2) is 3.67. The molecule has 1 rings (SSSR count). The van der Waals surface area contributed by atoms with Crippen molar-refractivity contribution in [2.45, 2.75) is 0 Å². The third-order valence-electron chi connectivity index (χ3n) is 1.64. The average molecular weight is 157 g/mol. The van der Waals surface area contributed by atoms with Crippen molar-refractivity contribution in [3.8, 4) is 0 Å². The van der Waals surface area contributed by atoms with Crippen LogP contribution in [0.25, 0.3) is 12.2 Å². The van der Waals surface area contributed by atoms with Gasteiger partial charge in [-0.1, -0.05) is 37.4 Å². The minimum Gasteiger partial charge on any atom is -0.285 e. The minimum atomic E-state index is 0.538. The van der Waals surface area contributed by atoms with E-state index in [1.807, 2.05) is 12.4 Å². The lowest BCUT2D eigenvalue weighted by atomic mass is 10.0. The smallest absolute Gasteiger partial charge is 0.233 e. The molecule has 0 aromatic heterocycles. The van der Waals surface area contributed by atoms with E-state index in [-0.39, 0.29) is 0 Å². The zero-order chi connectivity index (χ0) is 8.97. The number of benzene rings is 1. The molecule has 1 aromatic rings. The average Bonchev–Trinajstić information content (AvgIpc) is 2.16. The van der Waals surface area contributed by atoms with Gasteiger partial charge in [0.25, 0.3) is 0 Å². The summed E-state index contributed by atoms with van der Waals surface area (Å²) in [5, 5.41) is 0. The van der Waals surface area contributed by atoms with Gasteiger partial charge in [-0.3, -0.25) is 4.79 Å². The van der Waals surface area contributed by atoms with Crippen molar-refractivity contribution in [1.29, 1.82) is 0 Å². The summed E-state index contributed by atoms with van der Waals surface area (Å²) in [5.74, 6) is 0. The lowest BCUT2D eigenvalue weighted by Gasteiger charge is -1.99. The van der Waals surface area contributed by atoms with Crippen molar-refractivity contribution in [2.75, 3.05) is 0 Å². The summed E-state index contributed by atoms with van der Waals surface area (Å²) in [6, 6.07) is 5.26. The fourth-order valence-electron chi connectivity index (χ4n) is 1.00. The second-order valence-corrected chi connectivity index (χ2v) is 2.35. The van der Waals surface area contributed by atoms with Crippen LogP contribution in [-0.2, 0) is 4.79 Å². The SMILES string of the molecule is C=Cc1ccc([C]=O)cc1C=C. The van der Waals surface area contributed by atoms with Crippen LogP contribution in [0.15, 0.2) is 31.4 Å². The maximum Gasteiger partial charge on any atom is 0.233 e. The van der Waals surface area contributed by atoms with Gasteiger partial charge in [0.1, 0.15) is 0 Å². The van der Waals surface area contributed by atoms with Crippen LogP contribution in [0.5, 0.6) is 0 Å². The Labute approximate surface area is 72.0 Å². The molecule has 59 valence electrons. The van der Waals surface area contributed by atoms with Gasteiger partial charge in [-0.25, -0.2) is 0 Å². The van der Waals surface area contributed by atoms with Gasteiger partial charge < -0.3 is 0 Å². The Kier molecular flexibility index (Phi) is 2.59. The summed E-state index contributed by atoms with van der Waals surface area (Å²) in [7, 11) is 0. The molecular formula is C11H9O. The van der Waals surface area contributed by atoms with Crippen LogP contribution in [0.1, 0.15) is 16.7 Å². The van der Waals surface area contributed by atoms with E-state index in [4.69, 9.17) is 0 Å². The highest BCUT2D eigenvalue weighted by Gasteiger charge is 1.96. The van der Waals surface area contributed by atoms with Crippen LogP contribution in [-0.4, -0.2) is 6.29 Å². The molecule has 0 unspecified atom stereocenters. The summed E-state index contributed by atoms with van der Waals surface area (Å²) >= 11 is 0. The lowest BCUT2D eigenvalue weighted by molar-refractivity contribution is 0.563. The maximum atomic E-state index is 10.3. The third-order valence-corrected chi connectivity index (χ3v) is 1.64. The van der Waals surface area contributed by atoms with Gasteiger partial charge in [0, 0.05) is 5.56 Å². The molecule has 0 amide bonds. The quantitative estimate of drug-likeness (QED) is 0.658. The first-order valence-corrected chi connectivity index (χ1v) is 3.59. The molecule has 1 radical (unpaired) electrons. The fourth-order valence-corrected chi connectivity index (χ4v) is 1.00. The summed E-state index contributed by atoms with van der Waals surface area (Å²) in [6.45, 7) is 7.29. The Balaban J connectivity index is 3.27. The van der Waals surface area contributed by atoms with Gasteiger partial charge in [-0.2, -0.15) is 0 Å². The van der Waals surface area contributed by atoms with Crippen LogP contribution in [0.3, 0.4) is 0 Å². The number of rotatable bonds is 3. The Hall–Kier alpha value is -1.63. The molecule has 0 heterocycles. The summed E-state index contributed by atoms with van der Waals surface area (Å²) in [4.78, 5) is 10.3. The molecule has 1 heteroatoms. The predicted octanol–water partition coefficient (Wildman–Crippen LogP) is 2.43. The van der Waals surface area contributed by atoms with Gasteiger partial charge in [0.05, 0.1) is 0 Å². The first-order chi connectivity index (χ1) is 5.81. The molecule has 0 saturated carbocycles. The maximum absolute atomic E-state index is 10.3. The minimum absolute atomic E-state index is 0.538. The van der Waals surface area contributed by atoms with E-state index in [1.165, 1.54) is 0 Å². The van der Waals surface area contributed by atoms with Crippen molar-refractivity contribution in [2.24, 2.45) is 0 Å². The molecule has 0 fully saturated rings. The van der Waals surface area contributed by atoms with Gasteiger partial charge in [0.2, 0.25) is 6.29 Å². The van der Waals surface area contributed by atoms with E-state index in [9.17, 15) is 4.79 Å². The first kappa shape index (κ1) is 8.47. The Bertz CT molecular complexity index is 324. The van der Waals surface area contributed by atoms with Crippen LogP contribution in [0.2, 0.25) is 0 Å². The van der Waals surface area contributed by atoms with Crippen molar-refractivity contribution in [3.05, 3.63) is 48.0 Å². The molecule has 0 aliphatic carbocycles. The molecule has 0 N–H and O–H groups in total. The molecular weight excluding hydrogens is 148 g/mol. The van der Waals surface area contributed by atoms with Gasteiger partial charge >= 0.3 is 0 Å².